The lowest BCUT2D eigenvalue weighted by atomic mass is 10.3. The fourth-order valence-corrected chi connectivity index (χ4v) is 2.87. The minimum Gasteiger partial charge on any atom is -0.284 e. The highest BCUT2D eigenvalue weighted by Crippen LogP contribution is 2.16. The van der Waals surface area contributed by atoms with Crippen LogP contribution in [0, 0.1) is 0 Å². The number of urea groups is 1. The molecular formula is C18H21N5O3. The van der Waals surface area contributed by atoms with Crippen molar-refractivity contribution < 1.29 is 14.4 Å². The van der Waals surface area contributed by atoms with E-state index in [1.807, 2.05) is 36.5 Å². The van der Waals surface area contributed by atoms with E-state index in [0.29, 0.717) is 6.54 Å². The summed E-state index contributed by atoms with van der Waals surface area (Å²) in [7, 11) is 1.78. The number of carbonyl (C=O) groups is 3. The highest BCUT2D eigenvalue weighted by molar-refractivity contribution is 6.44. The first kappa shape index (κ1) is 17.8. The van der Waals surface area contributed by atoms with Gasteiger partial charge in [-0.1, -0.05) is 18.2 Å². The number of para-hydroxylation sites is 1. The van der Waals surface area contributed by atoms with E-state index in [1.165, 1.54) is 0 Å². The average Bonchev–Trinajstić information content (AvgIpc) is 3.15. The van der Waals surface area contributed by atoms with Gasteiger partial charge in [0, 0.05) is 24.3 Å². The van der Waals surface area contributed by atoms with Crippen LogP contribution in [0.5, 0.6) is 0 Å². The Kier molecular flexibility index (Phi) is 4.85. The summed E-state index contributed by atoms with van der Waals surface area (Å²) in [5, 5.41) is 4.33. The molecule has 1 saturated heterocycles. The third-order valence-corrected chi connectivity index (χ3v) is 4.09. The molecule has 1 aromatic heterocycles. The zero-order valence-electron chi connectivity index (χ0n) is 15.0. The largest absolute Gasteiger partial charge is 0.335 e. The molecule has 0 saturated carbocycles. The van der Waals surface area contributed by atoms with E-state index < -0.39 is 17.8 Å². The van der Waals surface area contributed by atoms with Crippen LogP contribution in [-0.4, -0.2) is 62.1 Å². The lowest BCUT2D eigenvalue weighted by molar-refractivity contribution is -0.144. The number of carbonyl (C=O) groups excluding carboxylic acids is 3. The first-order chi connectivity index (χ1) is 12.4. The number of aromatic nitrogens is 2. The molecule has 3 rings (SSSR count). The van der Waals surface area contributed by atoms with E-state index in [-0.39, 0.29) is 12.7 Å². The molecule has 8 nitrogen and oxygen atoms in total. The molecule has 2 heterocycles. The van der Waals surface area contributed by atoms with Crippen LogP contribution < -0.4 is 0 Å². The highest BCUT2D eigenvalue weighted by atomic mass is 16.2. The molecule has 8 heteroatoms. The number of rotatable bonds is 6. The van der Waals surface area contributed by atoms with Gasteiger partial charge >= 0.3 is 17.8 Å². The number of benzene rings is 1. The van der Waals surface area contributed by atoms with E-state index in [2.05, 4.69) is 5.10 Å². The Morgan fingerprint density at radius 3 is 2.38 bits per heavy atom. The second-order valence-electron chi connectivity index (χ2n) is 6.57. The molecule has 0 spiro atoms. The zero-order valence-corrected chi connectivity index (χ0v) is 15.0. The molecule has 136 valence electrons. The van der Waals surface area contributed by atoms with Crippen LogP contribution in [0.1, 0.15) is 19.4 Å². The van der Waals surface area contributed by atoms with E-state index in [9.17, 15) is 14.4 Å². The Bertz CT molecular complexity index is 830. The number of hydrogen-bond donors (Lipinski definition) is 0. The normalized spacial score (nSPS) is 15.0. The third kappa shape index (κ3) is 3.36. The van der Waals surface area contributed by atoms with Crippen molar-refractivity contribution >= 4 is 17.8 Å². The van der Waals surface area contributed by atoms with Crippen molar-refractivity contribution in [2.45, 2.75) is 26.4 Å². The fraction of sp³-hybridized carbons (Fsp3) is 0.333. The van der Waals surface area contributed by atoms with Gasteiger partial charge in [-0.3, -0.25) is 19.4 Å². The first-order valence-electron chi connectivity index (χ1n) is 8.35. The number of amides is 4. The van der Waals surface area contributed by atoms with Crippen LogP contribution in [0.3, 0.4) is 0 Å². The van der Waals surface area contributed by atoms with Crippen molar-refractivity contribution in [1.82, 2.24) is 24.5 Å². The summed E-state index contributed by atoms with van der Waals surface area (Å²) in [6.45, 7) is 3.94. The number of hydrogen-bond acceptors (Lipinski definition) is 5. The molecule has 26 heavy (non-hydrogen) atoms. The summed E-state index contributed by atoms with van der Waals surface area (Å²) < 4.78 is 1.76. The Balaban J connectivity index is 1.65. The lowest BCUT2D eigenvalue weighted by Crippen LogP contribution is -2.41. The smallest absolute Gasteiger partial charge is 0.284 e. The van der Waals surface area contributed by atoms with Crippen LogP contribution >= 0.6 is 0 Å². The number of nitrogens with zero attached hydrogens (tertiary/aromatic N) is 5. The predicted molar refractivity (Wildman–Crippen MR) is 94.1 cm³/mol. The first-order valence-corrected chi connectivity index (χ1v) is 8.35. The van der Waals surface area contributed by atoms with Gasteiger partial charge in [-0.25, -0.2) is 14.4 Å². The molecule has 1 fully saturated rings. The monoisotopic (exact) mass is 355 g/mol. The standard InChI is InChI=1S/C18H21N5O3/c1-13(2)23-17(25)16(24)21(18(23)26)12-20(3)10-14-9-19-22(11-14)15-7-5-4-6-8-15/h4-9,11,13H,10,12H2,1-3H3. The van der Waals surface area contributed by atoms with Gasteiger partial charge in [-0.15, -0.1) is 0 Å². The van der Waals surface area contributed by atoms with Gasteiger partial charge in [0.15, 0.2) is 0 Å². The van der Waals surface area contributed by atoms with Crippen molar-refractivity contribution in [3.63, 3.8) is 0 Å². The Hall–Kier alpha value is -3.00. The minimum atomic E-state index is -0.782. The van der Waals surface area contributed by atoms with Gasteiger partial charge in [0.2, 0.25) is 0 Å². The van der Waals surface area contributed by atoms with E-state index in [1.54, 1.807) is 36.7 Å². The van der Waals surface area contributed by atoms with Gasteiger partial charge in [0.25, 0.3) is 0 Å². The molecule has 1 aliphatic rings. The van der Waals surface area contributed by atoms with Crippen LogP contribution in [0.25, 0.3) is 5.69 Å². The van der Waals surface area contributed by atoms with E-state index in [4.69, 9.17) is 0 Å². The van der Waals surface area contributed by atoms with Crippen molar-refractivity contribution in [1.29, 1.82) is 0 Å². The maximum absolute atomic E-state index is 12.3. The average molecular weight is 355 g/mol. The summed E-state index contributed by atoms with van der Waals surface area (Å²) in [5.41, 5.74) is 1.88. The number of imide groups is 2. The van der Waals surface area contributed by atoms with Gasteiger partial charge in [-0.05, 0) is 33.0 Å². The summed E-state index contributed by atoms with van der Waals surface area (Å²) in [4.78, 5) is 40.1. The quantitative estimate of drug-likeness (QED) is 0.579. The molecule has 0 radical (unpaired) electrons. The maximum atomic E-state index is 12.3. The Morgan fingerprint density at radius 2 is 1.77 bits per heavy atom. The SMILES string of the molecule is CC(C)N1C(=O)C(=O)N(CN(C)Cc2cnn(-c3ccccc3)c2)C1=O. The summed E-state index contributed by atoms with van der Waals surface area (Å²) in [5.74, 6) is -1.55. The molecule has 0 unspecified atom stereocenters. The zero-order chi connectivity index (χ0) is 18.8. The van der Waals surface area contributed by atoms with Crippen molar-refractivity contribution in [3.05, 3.63) is 48.3 Å². The second-order valence-corrected chi connectivity index (χ2v) is 6.57. The van der Waals surface area contributed by atoms with Gasteiger partial charge in [0.1, 0.15) is 0 Å². The second kappa shape index (κ2) is 7.09. The van der Waals surface area contributed by atoms with Crippen molar-refractivity contribution in [2.24, 2.45) is 0 Å². The van der Waals surface area contributed by atoms with Crippen molar-refractivity contribution in [3.8, 4) is 5.69 Å². The van der Waals surface area contributed by atoms with Crippen molar-refractivity contribution in [2.75, 3.05) is 13.7 Å². The van der Waals surface area contributed by atoms with Crippen LogP contribution in [0.2, 0.25) is 0 Å². The molecule has 1 aliphatic heterocycles. The Morgan fingerprint density at radius 1 is 1.08 bits per heavy atom. The Labute approximate surface area is 151 Å². The van der Waals surface area contributed by atoms with Gasteiger partial charge in [0.05, 0.1) is 18.6 Å². The molecular weight excluding hydrogens is 334 g/mol. The minimum absolute atomic E-state index is 0.0448. The maximum Gasteiger partial charge on any atom is 0.335 e. The van der Waals surface area contributed by atoms with E-state index >= 15 is 0 Å². The molecule has 1 aromatic carbocycles. The lowest BCUT2D eigenvalue weighted by Gasteiger charge is -2.23. The topological polar surface area (TPSA) is 78.8 Å². The summed E-state index contributed by atoms with van der Waals surface area (Å²) in [6, 6.07) is 8.80. The molecule has 2 aromatic rings. The molecule has 0 aliphatic carbocycles. The summed E-state index contributed by atoms with van der Waals surface area (Å²) in [6.07, 6.45) is 3.63. The molecule has 4 amide bonds. The van der Waals surface area contributed by atoms with Crippen LogP contribution in [-0.2, 0) is 16.1 Å². The van der Waals surface area contributed by atoms with Gasteiger partial charge in [-0.2, -0.15) is 5.10 Å². The molecule has 0 N–H and O–H groups in total. The van der Waals surface area contributed by atoms with E-state index in [0.717, 1.165) is 21.1 Å². The summed E-state index contributed by atoms with van der Waals surface area (Å²) >= 11 is 0. The van der Waals surface area contributed by atoms with Crippen LogP contribution in [0.4, 0.5) is 4.79 Å². The molecule has 0 atom stereocenters. The highest BCUT2D eigenvalue weighted by Gasteiger charge is 2.45. The predicted octanol–water partition coefficient (Wildman–Crippen LogP) is 1.46. The third-order valence-electron chi connectivity index (χ3n) is 4.09. The fourth-order valence-electron chi connectivity index (χ4n) is 2.87. The molecule has 0 bridgehead atoms. The van der Waals surface area contributed by atoms with Crippen LogP contribution in [0.15, 0.2) is 42.7 Å². The van der Waals surface area contributed by atoms with Gasteiger partial charge < -0.3 is 0 Å².